The molecule has 1 aromatic rings. The summed E-state index contributed by atoms with van der Waals surface area (Å²) in [6.45, 7) is 7.92. The molecule has 0 aliphatic carbocycles. The molecule has 0 spiro atoms. The Balaban J connectivity index is 3.24. The molecule has 1 heterocycles. The summed E-state index contributed by atoms with van der Waals surface area (Å²) in [5.41, 5.74) is 1.20. The lowest BCUT2D eigenvalue weighted by atomic mass is 9.95. The van der Waals surface area contributed by atoms with Crippen LogP contribution in [0.25, 0.3) is 0 Å². The lowest BCUT2D eigenvalue weighted by Crippen LogP contribution is -2.16. The Hall–Kier alpha value is -1.43. The number of nitriles is 1. The Labute approximate surface area is 78.5 Å². The molecule has 1 aromatic heterocycles. The molecule has 0 saturated carbocycles. The van der Waals surface area contributed by atoms with Crippen molar-refractivity contribution in [3.63, 3.8) is 0 Å². The Bertz CT molecular complexity index is 355. The molecule has 0 atom stereocenters. The van der Waals surface area contributed by atoms with Crippen LogP contribution in [0.15, 0.2) is 6.20 Å². The van der Waals surface area contributed by atoms with E-state index < -0.39 is 0 Å². The van der Waals surface area contributed by atoms with Crippen molar-refractivity contribution >= 4 is 0 Å². The maximum absolute atomic E-state index is 8.77. The minimum absolute atomic E-state index is 0.0979. The van der Waals surface area contributed by atoms with Crippen LogP contribution >= 0.6 is 0 Å². The van der Waals surface area contributed by atoms with Gasteiger partial charge in [-0.2, -0.15) is 5.26 Å². The van der Waals surface area contributed by atoms with Crippen LogP contribution in [0.3, 0.4) is 0 Å². The molecule has 0 amide bonds. The third-order valence-electron chi connectivity index (χ3n) is 1.75. The van der Waals surface area contributed by atoms with E-state index in [1.54, 1.807) is 6.20 Å². The number of aromatic nitrogens is 2. The first-order valence-electron chi connectivity index (χ1n) is 4.19. The molecule has 3 nitrogen and oxygen atoms in total. The topological polar surface area (TPSA) is 49.6 Å². The van der Waals surface area contributed by atoms with Crippen molar-refractivity contribution in [2.24, 2.45) is 0 Å². The second-order valence-electron chi connectivity index (χ2n) is 4.09. The molecule has 13 heavy (non-hydrogen) atoms. The van der Waals surface area contributed by atoms with E-state index >= 15 is 0 Å². The van der Waals surface area contributed by atoms with Crippen molar-refractivity contribution < 1.29 is 0 Å². The average molecular weight is 175 g/mol. The Kier molecular flexibility index (Phi) is 2.33. The number of rotatable bonds is 0. The molecule has 0 bridgehead atoms. The summed E-state index contributed by atoms with van der Waals surface area (Å²) in [5, 5.41) is 8.77. The summed E-state index contributed by atoms with van der Waals surface area (Å²) in [5.74, 6) is 0.717. The predicted octanol–water partition coefficient (Wildman–Crippen LogP) is 1.95. The molecule has 0 aliphatic heterocycles. The van der Waals surface area contributed by atoms with Gasteiger partial charge in [-0.25, -0.2) is 9.97 Å². The Morgan fingerprint density at radius 2 is 2.00 bits per heavy atom. The van der Waals surface area contributed by atoms with E-state index in [-0.39, 0.29) is 5.41 Å². The van der Waals surface area contributed by atoms with E-state index in [0.29, 0.717) is 5.69 Å². The standard InChI is InChI=1S/C10H13N3/c1-7-6-12-9(10(2,3)4)13-8(7)5-11/h6H,1-4H3. The van der Waals surface area contributed by atoms with Crippen molar-refractivity contribution in [1.29, 1.82) is 5.26 Å². The zero-order valence-corrected chi connectivity index (χ0v) is 8.42. The van der Waals surface area contributed by atoms with Gasteiger partial charge in [0.25, 0.3) is 0 Å². The summed E-state index contributed by atoms with van der Waals surface area (Å²) in [6, 6.07) is 2.06. The first kappa shape index (κ1) is 9.66. The van der Waals surface area contributed by atoms with Crippen molar-refractivity contribution in [2.75, 3.05) is 0 Å². The van der Waals surface area contributed by atoms with Crippen molar-refractivity contribution in [1.82, 2.24) is 9.97 Å². The highest BCUT2D eigenvalue weighted by molar-refractivity contribution is 5.28. The molecule has 0 radical (unpaired) electrons. The van der Waals surface area contributed by atoms with Gasteiger partial charge < -0.3 is 0 Å². The van der Waals surface area contributed by atoms with Crippen molar-refractivity contribution in [2.45, 2.75) is 33.1 Å². The predicted molar refractivity (Wildman–Crippen MR) is 50.2 cm³/mol. The summed E-state index contributed by atoms with van der Waals surface area (Å²) in [7, 11) is 0. The molecule has 3 heteroatoms. The second kappa shape index (κ2) is 3.14. The van der Waals surface area contributed by atoms with Gasteiger partial charge in [0.2, 0.25) is 0 Å². The van der Waals surface area contributed by atoms with Crippen LogP contribution in [0.1, 0.15) is 37.9 Å². The van der Waals surface area contributed by atoms with Gasteiger partial charge in [0.05, 0.1) is 0 Å². The van der Waals surface area contributed by atoms with Crippen LogP contribution in [0.2, 0.25) is 0 Å². The zero-order valence-electron chi connectivity index (χ0n) is 8.42. The third-order valence-corrected chi connectivity index (χ3v) is 1.75. The molecule has 0 unspecified atom stereocenters. The average Bonchev–Trinajstić information content (AvgIpc) is 2.03. The van der Waals surface area contributed by atoms with Crippen LogP contribution in [0, 0.1) is 18.3 Å². The first-order chi connectivity index (χ1) is 5.95. The molecule has 0 fully saturated rings. The van der Waals surface area contributed by atoms with E-state index in [9.17, 15) is 0 Å². The molecule has 0 aromatic carbocycles. The number of aryl methyl sites for hydroxylation is 1. The molecule has 0 N–H and O–H groups in total. The fraction of sp³-hybridized carbons (Fsp3) is 0.500. The highest BCUT2D eigenvalue weighted by Crippen LogP contribution is 2.18. The lowest BCUT2D eigenvalue weighted by Gasteiger charge is -2.16. The molecular weight excluding hydrogens is 162 g/mol. The fourth-order valence-electron chi connectivity index (χ4n) is 0.917. The molecule has 1 rings (SSSR count). The quantitative estimate of drug-likeness (QED) is 0.605. The van der Waals surface area contributed by atoms with Crippen LogP contribution in [-0.2, 0) is 5.41 Å². The van der Waals surface area contributed by atoms with Gasteiger partial charge in [-0.1, -0.05) is 20.8 Å². The summed E-state index contributed by atoms with van der Waals surface area (Å²) >= 11 is 0. The molecule has 0 saturated heterocycles. The monoisotopic (exact) mass is 175 g/mol. The Morgan fingerprint density at radius 1 is 1.38 bits per heavy atom. The van der Waals surface area contributed by atoms with E-state index in [1.165, 1.54) is 0 Å². The summed E-state index contributed by atoms with van der Waals surface area (Å²) < 4.78 is 0. The van der Waals surface area contributed by atoms with E-state index in [0.717, 1.165) is 11.4 Å². The largest absolute Gasteiger partial charge is 0.240 e. The number of hydrogen-bond donors (Lipinski definition) is 0. The van der Waals surface area contributed by atoms with Gasteiger partial charge in [0.15, 0.2) is 0 Å². The van der Waals surface area contributed by atoms with Gasteiger partial charge in [-0.3, -0.25) is 0 Å². The van der Waals surface area contributed by atoms with Crippen molar-refractivity contribution in [3.05, 3.63) is 23.3 Å². The second-order valence-corrected chi connectivity index (χ2v) is 4.09. The first-order valence-corrected chi connectivity index (χ1v) is 4.19. The smallest absolute Gasteiger partial charge is 0.147 e. The van der Waals surface area contributed by atoms with E-state index in [2.05, 4.69) is 16.0 Å². The van der Waals surface area contributed by atoms with Crippen molar-refractivity contribution in [3.8, 4) is 6.07 Å². The molecule has 68 valence electrons. The van der Waals surface area contributed by atoms with Gasteiger partial charge >= 0.3 is 0 Å². The van der Waals surface area contributed by atoms with Gasteiger partial charge in [0.1, 0.15) is 17.6 Å². The molecule has 0 aliphatic rings. The van der Waals surface area contributed by atoms with Gasteiger partial charge in [0, 0.05) is 17.2 Å². The van der Waals surface area contributed by atoms with Gasteiger partial charge in [-0.15, -0.1) is 0 Å². The highest BCUT2D eigenvalue weighted by atomic mass is 14.9. The number of nitrogens with zero attached hydrogens (tertiary/aromatic N) is 3. The minimum atomic E-state index is -0.0979. The summed E-state index contributed by atoms with van der Waals surface area (Å²) in [6.07, 6.45) is 1.70. The third kappa shape index (κ3) is 2.03. The van der Waals surface area contributed by atoms with Crippen LogP contribution in [0.4, 0.5) is 0 Å². The minimum Gasteiger partial charge on any atom is -0.240 e. The van der Waals surface area contributed by atoms with Crippen LogP contribution in [0.5, 0.6) is 0 Å². The van der Waals surface area contributed by atoms with Gasteiger partial charge in [-0.05, 0) is 6.92 Å². The van der Waals surface area contributed by atoms with Crippen LogP contribution in [-0.4, -0.2) is 9.97 Å². The van der Waals surface area contributed by atoms with E-state index in [1.807, 2.05) is 27.7 Å². The van der Waals surface area contributed by atoms with E-state index in [4.69, 9.17) is 5.26 Å². The lowest BCUT2D eigenvalue weighted by molar-refractivity contribution is 0.543. The molecular formula is C10H13N3. The maximum Gasteiger partial charge on any atom is 0.147 e. The Morgan fingerprint density at radius 3 is 2.46 bits per heavy atom. The normalized spacial score (nSPS) is 11.0. The fourth-order valence-corrected chi connectivity index (χ4v) is 0.917. The SMILES string of the molecule is Cc1cnc(C(C)(C)C)nc1C#N. The highest BCUT2D eigenvalue weighted by Gasteiger charge is 2.18. The maximum atomic E-state index is 8.77. The summed E-state index contributed by atoms with van der Waals surface area (Å²) in [4.78, 5) is 8.39. The number of hydrogen-bond acceptors (Lipinski definition) is 3. The zero-order chi connectivity index (χ0) is 10.1. The van der Waals surface area contributed by atoms with Crippen LogP contribution < -0.4 is 0 Å².